The summed E-state index contributed by atoms with van der Waals surface area (Å²) in [6.07, 6.45) is 0. The fraction of sp³-hybridized carbons (Fsp3) is 0.316. The molecule has 0 bridgehead atoms. The molecule has 0 aromatic heterocycles. The number of sulfonamides is 1. The average Bonchev–Trinajstić information content (AvgIpc) is 2.61. The van der Waals surface area contributed by atoms with E-state index < -0.39 is 10.0 Å². The number of nitrogens with one attached hydrogen (secondary N) is 1. The van der Waals surface area contributed by atoms with Crippen LogP contribution in [-0.4, -0.2) is 32.2 Å². The summed E-state index contributed by atoms with van der Waals surface area (Å²) in [4.78, 5) is 12.3. The molecule has 0 atom stereocenters. The number of carbonyl (C=O) groups is 1. The lowest BCUT2D eigenvalue weighted by molar-refractivity contribution is 0.0949. The lowest BCUT2D eigenvalue weighted by atomic mass is 10.1. The molecule has 134 valence electrons. The molecule has 5 nitrogen and oxygen atoms in total. The monoisotopic (exact) mass is 360 g/mol. The maximum atomic E-state index is 12.5. The second-order valence-electron chi connectivity index (χ2n) is 6.37. The maximum absolute atomic E-state index is 12.5. The van der Waals surface area contributed by atoms with Crippen LogP contribution in [0.2, 0.25) is 0 Å². The van der Waals surface area contributed by atoms with Crippen molar-refractivity contribution in [3.05, 3.63) is 65.7 Å². The van der Waals surface area contributed by atoms with E-state index in [4.69, 9.17) is 0 Å². The van der Waals surface area contributed by atoms with Gasteiger partial charge in [0.15, 0.2) is 0 Å². The van der Waals surface area contributed by atoms with Crippen LogP contribution in [0.1, 0.15) is 29.8 Å². The lowest BCUT2D eigenvalue weighted by Crippen LogP contribution is -2.27. The van der Waals surface area contributed by atoms with Gasteiger partial charge in [-0.3, -0.25) is 4.79 Å². The first kappa shape index (κ1) is 19.1. The van der Waals surface area contributed by atoms with Crippen molar-refractivity contribution in [1.82, 2.24) is 9.62 Å². The number of carbonyl (C=O) groups excluding carboxylic acids is 1. The van der Waals surface area contributed by atoms with Gasteiger partial charge in [-0.05, 0) is 35.7 Å². The van der Waals surface area contributed by atoms with E-state index >= 15 is 0 Å². The molecule has 1 amide bonds. The van der Waals surface area contributed by atoms with Crippen molar-refractivity contribution in [3.8, 4) is 0 Å². The molecule has 0 spiro atoms. The zero-order valence-corrected chi connectivity index (χ0v) is 15.6. The summed E-state index contributed by atoms with van der Waals surface area (Å²) in [6, 6.07) is 15.3. The van der Waals surface area contributed by atoms with Crippen LogP contribution >= 0.6 is 0 Å². The third kappa shape index (κ3) is 5.14. The van der Waals surface area contributed by atoms with Crippen LogP contribution < -0.4 is 5.32 Å². The van der Waals surface area contributed by atoms with E-state index in [1.165, 1.54) is 4.31 Å². The Morgan fingerprint density at radius 1 is 1.04 bits per heavy atom. The van der Waals surface area contributed by atoms with Gasteiger partial charge < -0.3 is 5.32 Å². The number of benzene rings is 2. The summed E-state index contributed by atoms with van der Waals surface area (Å²) in [7, 11) is -1.98. The molecule has 2 rings (SSSR count). The van der Waals surface area contributed by atoms with E-state index in [1.54, 1.807) is 61.6 Å². The highest BCUT2D eigenvalue weighted by atomic mass is 32.2. The number of hydrogen-bond donors (Lipinski definition) is 1. The molecule has 0 aliphatic heterocycles. The molecule has 0 aliphatic carbocycles. The molecule has 2 aromatic rings. The summed E-state index contributed by atoms with van der Waals surface area (Å²) in [5.74, 6) is 0.269. The molecule has 0 fully saturated rings. The Morgan fingerprint density at radius 2 is 1.64 bits per heavy atom. The average molecular weight is 360 g/mol. The molecule has 2 aromatic carbocycles. The first-order valence-corrected chi connectivity index (χ1v) is 9.63. The minimum atomic E-state index is -3.53. The van der Waals surface area contributed by atoms with Gasteiger partial charge in [-0.1, -0.05) is 44.2 Å². The van der Waals surface area contributed by atoms with Crippen LogP contribution in [0.15, 0.2) is 59.5 Å². The highest BCUT2D eigenvalue weighted by molar-refractivity contribution is 7.89. The van der Waals surface area contributed by atoms with Gasteiger partial charge in [0.1, 0.15) is 0 Å². The Bertz CT molecular complexity index is 800. The summed E-state index contributed by atoms with van der Waals surface area (Å²) in [5.41, 5.74) is 1.39. The van der Waals surface area contributed by atoms with E-state index in [-0.39, 0.29) is 17.3 Å². The van der Waals surface area contributed by atoms with Gasteiger partial charge in [-0.2, -0.15) is 4.31 Å². The highest BCUT2D eigenvalue weighted by Crippen LogP contribution is 2.16. The van der Waals surface area contributed by atoms with Crippen LogP contribution in [-0.2, 0) is 16.6 Å². The van der Waals surface area contributed by atoms with Crippen molar-refractivity contribution >= 4 is 15.9 Å². The molecular formula is C19H24N2O3S. The Hall–Kier alpha value is -2.18. The highest BCUT2D eigenvalue weighted by Gasteiger charge is 2.20. The van der Waals surface area contributed by atoms with Gasteiger partial charge in [0.2, 0.25) is 10.0 Å². The Kier molecular flexibility index (Phi) is 6.33. The lowest BCUT2D eigenvalue weighted by Gasteiger charge is -2.17. The molecule has 0 saturated heterocycles. The molecule has 0 radical (unpaired) electrons. The summed E-state index contributed by atoms with van der Waals surface area (Å²) < 4.78 is 26.3. The predicted molar refractivity (Wildman–Crippen MR) is 98.7 cm³/mol. The minimum absolute atomic E-state index is 0.120. The second kappa shape index (κ2) is 8.27. The van der Waals surface area contributed by atoms with Crippen LogP contribution in [0.4, 0.5) is 0 Å². The van der Waals surface area contributed by atoms with Crippen molar-refractivity contribution < 1.29 is 13.2 Å². The molecule has 0 aliphatic rings. The predicted octanol–water partition coefficient (Wildman–Crippen LogP) is 2.89. The van der Waals surface area contributed by atoms with E-state index in [2.05, 4.69) is 5.32 Å². The van der Waals surface area contributed by atoms with Gasteiger partial charge in [0, 0.05) is 25.7 Å². The number of nitrogens with zero attached hydrogens (tertiary/aromatic N) is 1. The van der Waals surface area contributed by atoms with E-state index in [1.807, 2.05) is 13.8 Å². The summed E-state index contributed by atoms with van der Waals surface area (Å²) in [6.45, 7) is 4.93. The molecule has 0 saturated carbocycles. The Balaban J connectivity index is 2.04. The van der Waals surface area contributed by atoms with Crippen molar-refractivity contribution in [2.75, 3.05) is 13.6 Å². The molecule has 25 heavy (non-hydrogen) atoms. The third-order valence-corrected chi connectivity index (χ3v) is 5.56. The van der Waals surface area contributed by atoms with Gasteiger partial charge >= 0.3 is 0 Å². The fourth-order valence-electron chi connectivity index (χ4n) is 2.27. The molecule has 1 N–H and O–H groups in total. The van der Waals surface area contributed by atoms with Crippen LogP contribution in [0, 0.1) is 5.92 Å². The first-order chi connectivity index (χ1) is 11.8. The van der Waals surface area contributed by atoms with Gasteiger partial charge in [-0.15, -0.1) is 0 Å². The van der Waals surface area contributed by atoms with Gasteiger partial charge in [0.25, 0.3) is 5.91 Å². The standard InChI is InChI=1S/C19H24N2O3S/c1-15(2)13-20-19(22)17-11-9-16(10-12-17)14-21(3)25(23,24)18-7-5-4-6-8-18/h4-12,15H,13-14H2,1-3H3,(H,20,22). The third-order valence-electron chi connectivity index (χ3n) is 3.74. The molecule has 0 unspecified atom stereocenters. The maximum Gasteiger partial charge on any atom is 0.251 e. The zero-order valence-electron chi connectivity index (χ0n) is 14.8. The van der Waals surface area contributed by atoms with Crippen molar-refractivity contribution in [2.45, 2.75) is 25.3 Å². The van der Waals surface area contributed by atoms with Crippen LogP contribution in [0.3, 0.4) is 0 Å². The first-order valence-electron chi connectivity index (χ1n) is 8.19. The minimum Gasteiger partial charge on any atom is -0.352 e. The van der Waals surface area contributed by atoms with E-state index in [0.717, 1.165) is 5.56 Å². The van der Waals surface area contributed by atoms with E-state index in [0.29, 0.717) is 18.0 Å². The smallest absolute Gasteiger partial charge is 0.251 e. The number of hydrogen-bond acceptors (Lipinski definition) is 3. The van der Waals surface area contributed by atoms with Crippen molar-refractivity contribution in [3.63, 3.8) is 0 Å². The van der Waals surface area contributed by atoms with E-state index in [9.17, 15) is 13.2 Å². The number of amides is 1. The molecular weight excluding hydrogens is 336 g/mol. The second-order valence-corrected chi connectivity index (χ2v) is 8.42. The number of rotatable bonds is 7. The van der Waals surface area contributed by atoms with Crippen LogP contribution in [0.5, 0.6) is 0 Å². The topological polar surface area (TPSA) is 66.5 Å². The summed E-state index contributed by atoms with van der Waals surface area (Å²) in [5, 5.41) is 2.86. The summed E-state index contributed by atoms with van der Waals surface area (Å²) >= 11 is 0. The SMILES string of the molecule is CC(C)CNC(=O)c1ccc(CN(C)S(=O)(=O)c2ccccc2)cc1. The van der Waals surface area contributed by atoms with Gasteiger partial charge in [-0.25, -0.2) is 8.42 Å². The quantitative estimate of drug-likeness (QED) is 0.826. The zero-order chi connectivity index (χ0) is 18.4. The van der Waals surface area contributed by atoms with Crippen LogP contribution in [0.25, 0.3) is 0 Å². The Morgan fingerprint density at radius 3 is 2.20 bits per heavy atom. The molecule has 6 heteroatoms. The largest absolute Gasteiger partial charge is 0.352 e. The Labute approximate surface area is 149 Å². The fourth-order valence-corrected chi connectivity index (χ4v) is 3.45. The van der Waals surface area contributed by atoms with Crippen molar-refractivity contribution in [1.29, 1.82) is 0 Å². The molecule has 0 heterocycles. The van der Waals surface area contributed by atoms with Gasteiger partial charge in [0.05, 0.1) is 4.90 Å². The van der Waals surface area contributed by atoms with Crippen molar-refractivity contribution in [2.24, 2.45) is 5.92 Å². The normalized spacial score (nSPS) is 11.7.